The lowest BCUT2D eigenvalue weighted by atomic mass is 10.2. The molecule has 0 atom stereocenters. The molecule has 72 valence electrons. The Morgan fingerprint density at radius 3 is 2.62 bits per heavy atom. The first-order valence-electron chi connectivity index (χ1n) is 3.24. The highest BCUT2D eigenvalue weighted by molar-refractivity contribution is 6.29. The lowest BCUT2D eigenvalue weighted by molar-refractivity contribution is 0.140. The Bertz CT molecular complexity index is 319. The average Bonchev–Trinajstić information content (AvgIpc) is 2.01. The normalized spacial score (nSPS) is 10.6. The van der Waals surface area contributed by atoms with Crippen molar-refractivity contribution in [3.8, 4) is 5.88 Å². The van der Waals surface area contributed by atoms with E-state index in [0.29, 0.717) is 6.07 Å². The van der Waals surface area contributed by atoms with Gasteiger partial charge in [0.1, 0.15) is 16.5 Å². The predicted octanol–water partition coefficient (Wildman–Crippen LogP) is 2.82. The zero-order chi connectivity index (χ0) is 10.0. The molecule has 0 amide bonds. The van der Waals surface area contributed by atoms with Crippen LogP contribution in [0, 0.1) is 5.82 Å². The van der Waals surface area contributed by atoms with Gasteiger partial charge in [0.2, 0.25) is 5.88 Å². The molecule has 13 heavy (non-hydrogen) atoms. The van der Waals surface area contributed by atoms with Crippen LogP contribution in [0.15, 0.2) is 6.07 Å². The summed E-state index contributed by atoms with van der Waals surface area (Å²) in [6.45, 7) is 0. The fourth-order valence-electron chi connectivity index (χ4n) is 0.827. The van der Waals surface area contributed by atoms with Crippen LogP contribution in [0.5, 0.6) is 5.88 Å². The average molecular weight is 212 g/mol. The lowest BCUT2D eigenvalue weighted by Gasteiger charge is -2.07. The summed E-state index contributed by atoms with van der Waals surface area (Å²) in [7, 11) is 1.12. The number of ether oxygens (including phenoxy) is 1. The molecule has 0 aliphatic carbocycles. The van der Waals surface area contributed by atoms with Crippen LogP contribution < -0.4 is 4.74 Å². The van der Waals surface area contributed by atoms with Crippen molar-refractivity contribution in [1.82, 2.24) is 4.98 Å². The highest BCUT2D eigenvalue weighted by atomic mass is 35.5. The van der Waals surface area contributed by atoms with Crippen LogP contribution in [0.3, 0.4) is 0 Å². The zero-order valence-electron chi connectivity index (χ0n) is 6.52. The number of rotatable bonds is 2. The van der Waals surface area contributed by atoms with Crippen molar-refractivity contribution in [3.05, 3.63) is 22.6 Å². The quantitative estimate of drug-likeness (QED) is 0.702. The molecule has 1 aromatic rings. The molecule has 1 aromatic heterocycles. The first kappa shape index (κ1) is 10.1. The topological polar surface area (TPSA) is 22.1 Å². The molecule has 0 radical (unpaired) electrons. The van der Waals surface area contributed by atoms with Crippen molar-refractivity contribution < 1.29 is 17.9 Å². The van der Waals surface area contributed by atoms with E-state index < -0.39 is 23.7 Å². The molecule has 0 saturated carbocycles. The minimum Gasteiger partial charge on any atom is -0.481 e. The molecule has 0 saturated heterocycles. The second-order valence-corrected chi connectivity index (χ2v) is 2.54. The fourth-order valence-corrected chi connectivity index (χ4v) is 1.000. The molecule has 0 fully saturated rings. The van der Waals surface area contributed by atoms with Gasteiger partial charge in [-0.25, -0.2) is 18.2 Å². The number of halogens is 4. The third-order valence-electron chi connectivity index (χ3n) is 1.35. The number of pyridine rings is 1. The van der Waals surface area contributed by atoms with Gasteiger partial charge in [-0.2, -0.15) is 0 Å². The van der Waals surface area contributed by atoms with Crippen molar-refractivity contribution in [3.63, 3.8) is 0 Å². The van der Waals surface area contributed by atoms with Crippen molar-refractivity contribution in [2.45, 2.75) is 6.43 Å². The molecule has 0 bridgehead atoms. The maximum absolute atomic E-state index is 12.9. The van der Waals surface area contributed by atoms with E-state index in [9.17, 15) is 13.2 Å². The van der Waals surface area contributed by atoms with Crippen LogP contribution in [-0.2, 0) is 0 Å². The van der Waals surface area contributed by atoms with Gasteiger partial charge in [0.05, 0.1) is 7.11 Å². The van der Waals surface area contributed by atoms with Crippen LogP contribution in [0.2, 0.25) is 5.15 Å². The number of nitrogens with zero attached hydrogens (tertiary/aromatic N) is 1. The number of hydrogen-bond acceptors (Lipinski definition) is 2. The molecule has 1 heterocycles. The summed E-state index contributed by atoms with van der Waals surface area (Å²) in [4.78, 5) is 3.40. The zero-order valence-corrected chi connectivity index (χ0v) is 7.28. The van der Waals surface area contributed by atoms with Crippen molar-refractivity contribution in [1.29, 1.82) is 0 Å². The van der Waals surface area contributed by atoms with E-state index >= 15 is 0 Å². The van der Waals surface area contributed by atoms with Gasteiger partial charge >= 0.3 is 0 Å². The Kier molecular flexibility index (Phi) is 2.98. The second-order valence-electron chi connectivity index (χ2n) is 2.15. The molecule has 6 heteroatoms. The molecule has 0 spiro atoms. The van der Waals surface area contributed by atoms with E-state index in [4.69, 9.17) is 11.6 Å². The smallest absolute Gasteiger partial charge is 0.271 e. The number of aromatic nitrogens is 1. The Morgan fingerprint density at radius 2 is 2.15 bits per heavy atom. The fraction of sp³-hybridized carbons (Fsp3) is 0.286. The number of methoxy groups -OCH3 is 1. The van der Waals surface area contributed by atoms with E-state index in [1.807, 2.05) is 0 Å². The minimum absolute atomic E-state index is 0.223. The summed E-state index contributed by atoms with van der Waals surface area (Å²) in [5.74, 6) is -1.60. The van der Waals surface area contributed by atoms with Crippen LogP contribution in [0.1, 0.15) is 12.0 Å². The first-order valence-corrected chi connectivity index (χ1v) is 3.62. The summed E-state index contributed by atoms with van der Waals surface area (Å²) in [6, 6.07) is 0.714. The SMILES string of the molecule is COc1nc(Cl)cc(F)c1C(F)F. The Morgan fingerprint density at radius 1 is 1.54 bits per heavy atom. The summed E-state index contributed by atoms with van der Waals surface area (Å²) in [5, 5.41) is -0.223. The molecule has 0 aliphatic heterocycles. The van der Waals surface area contributed by atoms with Gasteiger partial charge in [-0.3, -0.25) is 0 Å². The maximum Gasteiger partial charge on any atom is 0.271 e. The largest absolute Gasteiger partial charge is 0.481 e. The van der Waals surface area contributed by atoms with E-state index in [2.05, 4.69) is 9.72 Å². The van der Waals surface area contributed by atoms with E-state index in [0.717, 1.165) is 7.11 Å². The van der Waals surface area contributed by atoms with Crippen LogP contribution >= 0.6 is 11.6 Å². The van der Waals surface area contributed by atoms with Crippen LogP contribution in [-0.4, -0.2) is 12.1 Å². The van der Waals surface area contributed by atoms with Gasteiger partial charge in [0.15, 0.2) is 0 Å². The minimum atomic E-state index is -2.97. The molecular formula is C7H5ClF3NO. The molecule has 0 aliphatic rings. The molecule has 2 nitrogen and oxygen atoms in total. The lowest BCUT2D eigenvalue weighted by Crippen LogP contribution is -1.99. The van der Waals surface area contributed by atoms with Crippen molar-refractivity contribution in [2.75, 3.05) is 7.11 Å². The third-order valence-corrected chi connectivity index (χ3v) is 1.55. The highest BCUT2D eigenvalue weighted by Crippen LogP contribution is 2.31. The molecule has 0 N–H and O–H groups in total. The highest BCUT2D eigenvalue weighted by Gasteiger charge is 2.21. The van der Waals surface area contributed by atoms with E-state index in [1.54, 1.807) is 0 Å². The standard InChI is InChI=1S/C7H5ClF3NO/c1-13-7-5(6(10)11)3(9)2-4(8)12-7/h2,6H,1H3. The van der Waals surface area contributed by atoms with Crippen molar-refractivity contribution in [2.24, 2.45) is 0 Å². The summed E-state index contributed by atoms with van der Waals surface area (Å²) < 4.78 is 41.7. The molecular weight excluding hydrogens is 207 g/mol. The monoisotopic (exact) mass is 211 g/mol. The van der Waals surface area contributed by atoms with Gasteiger partial charge in [-0.15, -0.1) is 0 Å². The van der Waals surface area contributed by atoms with Crippen LogP contribution in [0.25, 0.3) is 0 Å². The van der Waals surface area contributed by atoms with Gasteiger partial charge in [0.25, 0.3) is 6.43 Å². The van der Waals surface area contributed by atoms with Gasteiger partial charge < -0.3 is 4.74 Å². The Balaban J connectivity index is 3.30. The predicted molar refractivity (Wildman–Crippen MR) is 40.7 cm³/mol. The van der Waals surface area contributed by atoms with Crippen molar-refractivity contribution >= 4 is 11.6 Å². The van der Waals surface area contributed by atoms with E-state index in [1.165, 1.54) is 0 Å². The van der Waals surface area contributed by atoms with E-state index in [-0.39, 0.29) is 5.15 Å². The first-order chi connectivity index (χ1) is 6.06. The van der Waals surface area contributed by atoms with Gasteiger partial charge in [-0.05, 0) is 0 Å². The Hall–Kier alpha value is -0.970. The molecule has 0 aromatic carbocycles. The Labute approximate surface area is 77.3 Å². The van der Waals surface area contributed by atoms with Gasteiger partial charge in [-0.1, -0.05) is 11.6 Å². The molecule has 0 unspecified atom stereocenters. The summed E-state index contributed by atoms with van der Waals surface area (Å²) >= 11 is 5.33. The molecule has 1 rings (SSSR count). The van der Waals surface area contributed by atoms with Gasteiger partial charge in [0, 0.05) is 6.07 Å². The maximum atomic E-state index is 12.9. The number of hydrogen-bond donors (Lipinski definition) is 0. The number of alkyl halides is 2. The van der Waals surface area contributed by atoms with Crippen LogP contribution in [0.4, 0.5) is 13.2 Å². The summed E-state index contributed by atoms with van der Waals surface area (Å²) in [6.07, 6.45) is -2.97. The second kappa shape index (κ2) is 3.83. The third kappa shape index (κ3) is 2.03. The summed E-state index contributed by atoms with van der Waals surface area (Å²) in [5.41, 5.74) is -0.869.